The zero-order valence-corrected chi connectivity index (χ0v) is 9.48. The molecule has 0 radical (unpaired) electrons. The Labute approximate surface area is 95.2 Å². The van der Waals surface area contributed by atoms with Gasteiger partial charge in [0.05, 0.1) is 18.0 Å². The first kappa shape index (κ1) is 11.1. The van der Waals surface area contributed by atoms with Crippen LogP contribution in [0.25, 0.3) is 0 Å². The minimum absolute atomic E-state index is 0.0871. The predicted octanol–water partition coefficient (Wildman–Crippen LogP) is 1.46. The average Bonchev–Trinajstić information content (AvgIpc) is 2.64. The van der Waals surface area contributed by atoms with Gasteiger partial charge >= 0.3 is 0 Å². The number of nitriles is 1. The highest BCUT2D eigenvalue weighted by atomic mass is 16.2. The van der Waals surface area contributed by atoms with Gasteiger partial charge in [-0.25, -0.2) is 0 Å². The Morgan fingerprint density at radius 1 is 1.25 bits per heavy atom. The molecule has 1 aliphatic carbocycles. The fraction of sp³-hybridized carbons (Fsp3) is 0.750. The van der Waals surface area contributed by atoms with E-state index < -0.39 is 0 Å². The lowest BCUT2D eigenvalue weighted by Gasteiger charge is -2.34. The van der Waals surface area contributed by atoms with Gasteiger partial charge in [0.25, 0.3) is 0 Å². The van der Waals surface area contributed by atoms with Crippen LogP contribution in [0.4, 0.5) is 0 Å². The SMILES string of the molecule is CC1CC(=O)N(C2CCCC2C#N)C(=O)C1. The smallest absolute Gasteiger partial charge is 0.229 e. The lowest BCUT2D eigenvalue weighted by atomic mass is 9.94. The number of likely N-dealkylation sites (tertiary alicyclic amines) is 1. The van der Waals surface area contributed by atoms with Crippen molar-refractivity contribution in [3.8, 4) is 6.07 Å². The number of nitrogens with zero attached hydrogens (tertiary/aromatic N) is 2. The second-order valence-corrected chi connectivity index (χ2v) is 4.90. The molecular weight excluding hydrogens is 204 g/mol. The normalized spacial score (nSPS) is 31.9. The van der Waals surface area contributed by atoms with Gasteiger partial charge in [-0.2, -0.15) is 5.26 Å². The Kier molecular flexibility index (Phi) is 2.95. The number of amides is 2. The largest absolute Gasteiger partial charge is 0.278 e. The van der Waals surface area contributed by atoms with Crippen molar-refractivity contribution in [1.29, 1.82) is 5.26 Å². The zero-order valence-electron chi connectivity index (χ0n) is 9.48. The van der Waals surface area contributed by atoms with Crippen LogP contribution in [0.1, 0.15) is 39.0 Å². The number of hydrogen-bond acceptors (Lipinski definition) is 3. The van der Waals surface area contributed by atoms with E-state index in [1.807, 2.05) is 6.92 Å². The summed E-state index contributed by atoms with van der Waals surface area (Å²) in [5, 5.41) is 8.99. The fourth-order valence-corrected chi connectivity index (χ4v) is 2.77. The van der Waals surface area contributed by atoms with Gasteiger partial charge in [0.1, 0.15) is 0 Å². The van der Waals surface area contributed by atoms with Crippen LogP contribution in [0.3, 0.4) is 0 Å². The van der Waals surface area contributed by atoms with E-state index >= 15 is 0 Å². The third kappa shape index (κ3) is 1.82. The summed E-state index contributed by atoms with van der Waals surface area (Å²) in [5.74, 6) is -0.175. The van der Waals surface area contributed by atoms with Crippen molar-refractivity contribution in [2.75, 3.05) is 0 Å². The maximum atomic E-state index is 11.9. The van der Waals surface area contributed by atoms with Crippen molar-refractivity contribution >= 4 is 11.8 Å². The molecule has 1 heterocycles. The van der Waals surface area contributed by atoms with Crippen LogP contribution < -0.4 is 0 Å². The summed E-state index contributed by atoms with van der Waals surface area (Å²) in [6.45, 7) is 1.92. The number of imide groups is 1. The van der Waals surface area contributed by atoms with Gasteiger partial charge in [-0.1, -0.05) is 6.92 Å². The molecule has 0 aromatic carbocycles. The Morgan fingerprint density at radius 2 is 1.88 bits per heavy atom. The maximum Gasteiger partial charge on any atom is 0.229 e. The van der Waals surface area contributed by atoms with E-state index in [-0.39, 0.29) is 29.7 Å². The Hall–Kier alpha value is -1.37. The molecular formula is C12H16N2O2. The van der Waals surface area contributed by atoms with Crippen molar-refractivity contribution in [3.05, 3.63) is 0 Å². The number of carbonyl (C=O) groups is 2. The van der Waals surface area contributed by atoms with E-state index in [4.69, 9.17) is 5.26 Å². The molecule has 1 aliphatic heterocycles. The quantitative estimate of drug-likeness (QED) is 0.628. The number of rotatable bonds is 1. The third-order valence-electron chi connectivity index (χ3n) is 3.56. The van der Waals surface area contributed by atoms with E-state index in [9.17, 15) is 9.59 Å². The minimum Gasteiger partial charge on any atom is -0.278 e. The van der Waals surface area contributed by atoms with Crippen molar-refractivity contribution in [2.45, 2.75) is 45.1 Å². The molecule has 16 heavy (non-hydrogen) atoms. The van der Waals surface area contributed by atoms with Gasteiger partial charge in [-0.3, -0.25) is 14.5 Å². The van der Waals surface area contributed by atoms with Gasteiger partial charge in [0.2, 0.25) is 11.8 Å². The molecule has 2 unspecified atom stereocenters. The second-order valence-electron chi connectivity index (χ2n) is 4.90. The molecule has 2 amide bonds. The van der Waals surface area contributed by atoms with Gasteiger partial charge in [-0.15, -0.1) is 0 Å². The van der Waals surface area contributed by atoms with Crippen molar-refractivity contribution in [3.63, 3.8) is 0 Å². The van der Waals surface area contributed by atoms with E-state index in [2.05, 4.69) is 6.07 Å². The third-order valence-corrected chi connectivity index (χ3v) is 3.56. The number of piperidine rings is 1. The summed E-state index contributed by atoms with van der Waals surface area (Å²) in [4.78, 5) is 25.1. The highest BCUT2D eigenvalue weighted by Crippen LogP contribution is 2.33. The molecule has 2 atom stereocenters. The van der Waals surface area contributed by atoms with Crippen LogP contribution in [-0.4, -0.2) is 22.8 Å². The first-order valence-corrected chi connectivity index (χ1v) is 5.88. The summed E-state index contributed by atoms with van der Waals surface area (Å²) in [6, 6.07) is 2.06. The van der Waals surface area contributed by atoms with Crippen LogP contribution in [0, 0.1) is 23.2 Å². The Balaban J connectivity index is 2.17. The van der Waals surface area contributed by atoms with Crippen molar-refractivity contribution < 1.29 is 9.59 Å². The van der Waals surface area contributed by atoms with E-state index in [0.717, 1.165) is 19.3 Å². The summed E-state index contributed by atoms with van der Waals surface area (Å²) in [7, 11) is 0. The standard InChI is InChI=1S/C12H16N2O2/c1-8-5-11(15)14(12(16)6-8)10-4-2-3-9(10)7-13/h8-10H,2-6H2,1H3. The molecule has 0 aromatic rings. The Morgan fingerprint density at radius 3 is 2.44 bits per heavy atom. The molecule has 2 aliphatic rings. The summed E-state index contributed by atoms with van der Waals surface area (Å²) >= 11 is 0. The van der Waals surface area contributed by atoms with E-state index in [1.54, 1.807) is 0 Å². The molecule has 2 rings (SSSR count). The van der Waals surface area contributed by atoms with Crippen molar-refractivity contribution in [1.82, 2.24) is 4.90 Å². The Bertz CT molecular complexity index is 341. The van der Waals surface area contributed by atoms with Crippen LogP contribution in [0.5, 0.6) is 0 Å². The molecule has 0 N–H and O–H groups in total. The lowest BCUT2D eigenvalue weighted by Crippen LogP contribution is -2.49. The second kappa shape index (κ2) is 4.25. The molecule has 0 bridgehead atoms. The summed E-state index contributed by atoms with van der Waals surface area (Å²) < 4.78 is 0. The fourth-order valence-electron chi connectivity index (χ4n) is 2.77. The molecule has 1 saturated carbocycles. The van der Waals surface area contributed by atoms with Gasteiger partial charge in [0.15, 0.2) is 0 Å². The average molecular weight is 220 g/mol. The molecule has 1 saturated heterocycles. The highest BCUT2D eigenvalue weighted by molar-refractivity contribution is 5.98. The minimum atomic E-state index is -0.155. The van der Waals surface area contributed by atoms with Gasteiger partial charge in [-0.05, 0) is 25.2 Å². The zero-order chi connectivity index (χ0) is 11.7. The molecule has 4 nitrogen and oxygen atoms in total. The lowest BCUT2D eigenvalue weighted by molar-refractivity contribution is -0.153. The first-order chi connectivity index (χ1) is 7.63. The van der Waals surface area contributed by atoms with Crippen molar-refractivity contribution in [2.24, 2.45) is 11.8 Å². The van der Waals surface area contributed by atoms with Crippen LogP contribution >= 0.6 is 0 Å². The first-order valence-electron chi connectivity index (χ1n) is 5.88. The topological polar surface area (TPSA) is 61.2 Å². The summed E-state index contributed by atoms with van der Waals surface area (Å²) in [5.41, 5.74) is 0. The van der Waals surface area contributed by atoms with Crippen LogP contribution in [0.15, 0.2) is 0 Å². The molecule has 0 aromatic heterocycles. The number of carbonyl (C=O) groups excluding carboxylic acids is 2. The van der Waals surface area contributed by atoms with Crippen LogP contribution in [0.2, 0.25) is 0 Å². The molecule has 2 fully saturated rings. The highest BCUT2D eigenvalue weighted by Gasteiger charge is 2.41. The van der Waals surface area contributed by atoms with Gasteiger partial charge < -0.3 is 0 Å². The molecule has 0 spiro atoms. The number of hydrogen-bond donors (Lipinski definition) is 0. The molecule has 86 valence electrons. The van der Waals surface area contributed by atoms with Crippen LogP contribution in [-0.2, 0) is 9.59 Å². The predicted molar refractivity (Wildman–Crippen MR) is 57.0 cm³/mol. The maximum absolute atomic E-state index is 11.9. The summed E-state index contributed by atoms with van der Waals surface area (Å²) in [6.07, 6.45) is 3.44. The molecule has 4 heteroatoms. The monoisotopic (exact) mass is 220 g/mol. The van der Waals surface area contributed by atoms with E-state index in [0.29, 0.717) is 12.8 Å². The van der Waals surface area contributed by atoms with E-state index in [1.165, 1.54) is 4.90 Å². The van der Waals surface area contributed by atoms with Gasteiger partial charge in [0, 0.05) is 12.8 Å².